The van der Waals surface area contributed by atoms with Crippen LogP contribution in [0.4, 0.5) is 0 Å². The molecule has 0 aromatic heterocycles. The minimum absolute atomic E-state index is 0.0178. The Labute approximate surface area is 185 Å². The third-order valence-electron chi connectivity index (χ3n) is 4.93. The van der Waals surface area contributed by atoms with Gasteiger partial charge >= 0.3 is 0 Å². The van der Waals surface area contributed by atoms with Gasteiger partial charge in [-0.05, 0) is 63.9 Å². The maximum atomic E-state index is 13.0. The van der Waals surface area contributed by atoms with E-state index in [0.29, 0.717) is 26.0 Å². The first-order chi connectivity index (χ1) is 14.8. The highest BCUT2D eigenvalue weighted by molar-refractivity contribution is 5.87. The van der Waals surface area contributed by atoms with E-state index >= 15 is 0 Å². The number of nitrogens with one attached hydrogen (secondary N) is 1. The number of benzene rings is 2. The SMILES string of the molecule is COc1ccc(OCCCC(=O)N(Cc2ccc(C)cc2)[C@H](C)C(=O)NC(C)C)cc1. The number of carbonyl (C=O) groups excluding carboxylic acids is 2. The highest BCUT2D eigenvalue weighted by Gasteiger charge is 2.26. The number of methoxy groups -OCH3 is 1. The molecule has 168 valence electrons. The summed E-state index contributed by atoms with van der Waals surface area (Å²) in [5.74, 6) is 1.28. The lowest BCUT2D eigenvalue weighted by molar-refractivity contribution is -0.141. The summed E-state index contributed by atoms with van der Waals surface area (Å²) in [5.41, 5.74) is 2.15. The lowest BCUT2D eigenvalue weighted by atomic mass is 10.1. The van der Waals surface area contributed by atoms with Gasteiger partial charge < -0.3 is 19.7 Å². The van der Waals surface area contributed by atoms with Crippen molar-refractivity contribution >= 4 is 11.8 Å². The molecular formula is C25H34N2O4. The predicted octanol–water partition coefficient (Wildman–Crippen LogP) is 4.10. The fraction of sp³-hybridized carbons (Fsp3) is 0.440. The van der Waals surface area contributed by atoms with Crippen molar-refractivity contribution in [3.05, 3.63) is 59.7 Å². The van der Waals surface area contributed by atoms with E-state index in [-0.39, 0.29) is 17.9 Å². The molecule has 1 atom stereocenters. The minimum atomic E-state index is -0.557. The number of ether oxygens (including phenoxy) is 2. The monoisotopic (exact) mass is 426 g/mol. The summed E-state index contributed by atoms with van der Waals surface area (Å²) in [7, 11) is 1.62. The van der Waals surface area contributed by atoms with Crippen LogP contribution in [0.25, 0.3) is 0 Å². The number of hydrogen-bond acceptors (Lipinski definition) is 4. The number of carbonyl (C=O) groups is 2. The van der Waals surface area contributed by atoms with Crippen LogP contribution in [0.15, 0.2) is 48.5 Å². The second kappa shape index (κ2) is 12.0. The van der Waals surface area contributed by atoms with Gasteiger partial charge in [0.05, 0.1) is 13.7 Å². The molecule has 2 amide bonds. The molecule has 0 heterocycles. The van der Waals surface area contributed by atoms with E-state index in [4.69, 9.17) is 9.47 Å². The van der Waals surface area contributed by atoms with Crippen molar-refractivity contribution in [2.75, 3.05) is 13.7 Å². The molecule has 0 aliphatic carbocycles. The van der Waals surface area contributed by atoms with Gasteiger partial charge in [-0.1, -0.05) is 29.8 Å². The maximum Gasteiger partial charge on any atom is 0.242 e. The molecule has 2 rings (SSSR count). The predicted molar refractivity (Wildman–Crippen MR) is 122 cm³/mol. The fourth-order valence-corrected chi connectivity index (χ4v) is 3.11. The molecule has 0 aliphatic heterocycles. The average Bonchev–Trinajstić information content (AvgIpc) is 2.75. The minimum Gasteiger partial charge on any atom is -0.497 e. The standard InChI is InChI=1S/C25H34N2O4/c1-18(2)26-25(29)20(4)27(17-21-10-8-19(3)9-11-21)24(28)7-6-16-31-23-14-12-22(30-5)13-15-23/h8-15,18,20H,6-7,16-17H2,1-5H3,(H,26,29)/t20-/m1/s1. The summed E-state index contributed by atoms with van der Waals surface area (Å²) in [6.07, 6.45) is 0.870. The zero-order valence-electron chi connectivity index (χ0n) is 19.2. The zero-order valence-corrected chi connectivity index (χ0v) is 19.2. The molecule has 6 nitrogen and oxygen atoms in total. The van der Waals surface area contributed by atoms with E-state index in [1.165, 1.54) is 0 Å². The van der Waals surface area contributed by atoms with Crippen molar-refractivity contribution in [1.29, 1.82) is 0 Å². The lowest BCUT2D eigenvalue weighted by Gasteiger charge is -2.29. The van der Waals surface area contributed by atoms with Crippen molar-refractivity contribution < 1.29 is 19.1 Å². The van der Waals surface area contributed by atoms with Gasteiger partial charge in [-0.15, -0.1) is 0 Å². The van der Waals surface area contributed by atoms with Crippen LogP contribution in [0.5, 0.6) is 11.5 Å². The van der Waals surface area contributed by atoms with Gasteiger partial charge in [0.15, 0.2) is 0 Å². The zero-order chi connectivity index (χ0) is 22.8. The van der Waals surface area contributed by atoms with Crippen molar-refractivity contribution in [1.82, 2.24) is 10.2 Å². The molecule has 0 unspecified atom stereocenters. The molecule has 0 bridgehead atoms. The molecule has 2 aromatic carbocycles. The second-order valence-corrected chi connectivity index (χ2v) is 7.97. The summed E-state index contributed by atoms with van der Waals surface area (Å²) in [6, 6.07) is 14.8. The largest absolute Gasteiger partial charge is 0.497 e. The molecule has 0 spiro atoms. The number of aryl methyl sites for hydroxylation is 1. The van der Waals surface area contributed by atoms with E-state index < -0.39 is 6.04 Å². The van der Waals surface area contributed by atoms with Gasteiger partial charge in [0.1, 0.15) is 17.5 Å². The van der Waals surface area contributed by atoms with Crippen LogP contribution in [-0.4, -0.2) is 42.5 Å². The van der Waals surface area contributed by atoms with Crippen LogP contribution < -0.4 is 14.8 Å². The average molecular weight is 427 g/mol. The highest BCUT2D eigenvalue weighted by atomic mass is 16.5. The quantitative estimate of drug-likeness (QED) is 0.549. The third kappa shape index (κ3) is 7.96. The maximum absolute atomic E-state index is 13.0. The van der Waals surface area contributed by atoms with E-state index in [2.05, 4.69) is 5.32 Å². The van der Waals surface area contributed by atoms with Gasteiger partial charge in [0.2, 0.25) is 11.8 Å². The smallest absolute Gasteiger partial charge is 0.242 e. The van der Waals surface area contributed by atoms with Gasteiger partial charge in [0.25, 0.3) is 0 Å². The van der Waals surface area contributed by atoms with Crippen LogP contribution in [0, 0.1) is 6.92 Å². The van der Waals surface area contributed by atoms with E-state index in [0.717, 1.165) is 22.6 Å². The molecule has 0 saturated heterocycles. The third-order valence-corrected chi connectivity index (χ3v) is 4.93. The van der Waals surface area contributed by atoms with Crippen molar-refractivity contribution in [2.24, 2.45) is 0 Å². The van der Waals surface area contributed by atoms with Crippen LogP contribution in [0.3, 0.4) is 0 Å². The van der Waals surface area contributed by atoms with Crippen LogP contribution in [-0.2, 0) is 16.1 Å². The number of hydrogen-bond donors (Lipinski definition) is 1. The summed E-state index contributed by atoms with van der Waals surface area (Å²) in [4.78, 5) is 27.2. The Bertz CT molecular complexity index is 832. The Morgan fingerprint density at radius 3 is 2.16 bits per heavy atom. The topological polar surface area (TPSA) is 67.9 Å². The van der Waals surface area contributed by atoms with E-state index in [1.807, 2.05) is 69.3 Å². The molecule has 0 fully saturated rings. The molecule has 1 N–H and O–H groups in total. The van der Waals surface area contributed by atoms with Crippen LogP contribution >= 0.6 is 0 Å². The van der Waals surface area contributed by atoms with E-state index in [9.17, 15) is 9.59 Å². The summed E-state index contributed by atoms with van der Waals surface area (Å²) >= 11 is 0. The Balaban J connectivity index is 1.97. The molecule has 0 radical (unpaired) electrons. The Kier molecular flexibility index (Phi) is 9.38. The van der Waals surface area contributed by atoms with Gasteiger partial charge in [-0.2, -0.15) is 0 Å². The van der Waals surface area contributed by atoms with Gasteiger partial charge in [-0.3, -0.25) is 9.59 Å². The normalized spacial score (nSPS) is 11.7. The highest BCUT2D eigenvalue weighted by Crippen LogP contribution is 2.18. The first-order valence-corrected chi connectivity index (χ1v) is 10.7. The summed E-state index contributed by atoms with van der Waals surface area (Å²) in [6.45, 7) is 8.43. The Morgan fingerprint density at radius 2 is 1.58 bits per heavy atom. The van der Waals surface area contributed by atoms with Gasteiger partial charge in [-0.25, -0.2) is 0 Å². The molecule has 6 heteroatoms. The lowest BCUT2D eigenvalue weighted by Crippen LogP contribution is -2.49. The first-order valence-electron chi connectivity index (χ1n) is 10.7. The molecule has 31 heavy (non-hydrogen) atoms. The number of amides is 2. The van der Waals surface area contributed by atoms with Gasteiger partial charge in [0, 0.05) is 19.0 Å². The second-order valence-electron chi connectivity index (χ2n) is 7.97. The molecule has 0 saturated carbocycles. The number of rotatable bonds is 11. The van der Waals surface area contributed by atoms with Crippen LogP contribution in [0.1, 0.15) is 44.7 Å². The Hall–Kier alpha value is -3.02. The first kappa shape index (κ1) is 24.3. The van der Waals surface area contributed by atoms with Crippen molar-refractivity contribution in [3.63, 3.8) is 0 Å². The van der Waals surface area contributed by atoms with Crippen molar-refractivity contribution in [2.45, 2.75) is 59.2 Å². The molecular weight excluding hydrogens is 392 g/mol. The molecule has 2 aromatic rings. The van der Waals surface area contributed by atoms with E-state index in [1.54, 1.807) is 18.9 Å². The molecule has 0 aliphatic rings. The Morgan fingerprint density at radius 1 is 0.968 bits per heavy atom. The summed E-state index contributed by atoms with van der Waals surface area (Å²) in [5, 5.41) is 2.90. The van der Waals surface area contributed by atoms with Crippen LogP contribution in [0.2, 0.25) is 0 Å². The number of nitrogens with zero attached hydrogens (tertiary/aromatic N) is 1. The fourth-order valence-electron chi connectivity index (χ4n) is 3.11. The summed E-state index contributed by atoms with van der Waals surface area (Å²) < 4.78 is 10.9. The van der Waals surface area contributed by atoms with Crippen molar-refractivity contribution in [3.8, 4) is 11.5 Å².